The second kappa shape index (κ2) is 10.6. The summed E-state index contributed by atoms with van der Waals surface area (Å²) in [6.07, 6.45) is 5.45. The highest BCUT2D eigenvalue weighted by Crippen LogP contribution is 2.42. The third kappa shape index (κ3) is 5.09. The van der Waals surface area contributed by atoms with Gasteiger partial charge in [0, 0.05) is 55.8 Å². The Balaban J connectivity index is 0.00000160. The molecule has 1 saturated heterocycles. The molecule has 2 saturated carbocycles. The zero-order chi connectivity index (χ0) is 19.8. The Hall–Kier alpha value is -0.950. The molecule has 8 heteroatoms. The highest BCUT2D eigenvalue weighted by atomic mass is 35.5. The molecule has 3 unspecified atom stereocenters. The molecule has 0 aromatic heterocycles. The summed E-state index contributed by atoms with van der Waals surface area (Å²) in [5.74, 6) is 0.350. The van der Waals surface area contributed by atoms with Gasteiger partial charge in [-0.2, -0.15) is 0 Å². The van der Waals surface area contributed by atoms with Crippen molar-refractivity contribution in [2.45, 2.75) is 51.1 Å². The molecule has 1 heterocycles. The summed E-state index contributed by atoms with van der Waals surface area (Å²) in [5, 5.41) is 0. The van der Waals surface area contributed by atoms with Crippen molar-refractivity contribution in [2.24, 2.45) is 23.5 Å². The van der Waals surface area contributed by atoms with Crippen LogP contribution in [0, 0.1) is 29.4 Å². The van der Waals surface area contributed by atoms with Crippen molar-refractivity contribution in [1.29, 1.82) is 0 Å². The van der Waals surface area contributed by atoms with Gasteiger partial charge in [-0.15, -0.1) is 24.8 Å². The summed E-state index contributed by atoms with van der Waals surface area (Å²) in [7, 11) is 0. The molecule has 0 radical (unpaired) electrons. The van der Waals surface area contributed by atoms with Crippen molar-refractivity contribution < 1.29 is 13.6 Å². The molecule has 1 amide bonds. The summed E-state index contributed by atoms with van der Waals surface area (Å²) in [6, 6.07) is 3.91. The molecule has 1 aromatic carbocycles. The van der Waals surface area contributed by atoms with Crippen molar-refractivity contribution in [3.63, 3.8) is 0 Å². The number of hydrogen-bond donors (Lipinski definition) is 1. The molecule has 170 valence electrons. The minimum absolute atomic E-state index is 0. The van der Waals surface area contributed by atoms with E-state index in [0.29, 0.717) is 43.6 Å². The Morgan fingerprint density at radius 1 is 1.07 bits per heavy atom. The molecular formula is C22H33Cl2F2N3O. The lowest BCUT2D eigenvalue weighted by Crippen LogP contribution is -2.54. The number of hydrogen-bond acceptors (Lipinski definition) is 3. The number of carbonyl (C=O) groups excluding carboxylic acids is 1. The first-order valence-corrected chi connectivity index (χ1v) is 10.7. The Labute approximate surface area is 190 Å². The van der Waals surface area contributed by atoms with Crippen LogP contribution in [0.3, 0.4) is 0 Å². The summed E-state index contributed by atoms with van der Waals surface area (Å²) >= 11 is 0. The van der Waals surface area contributed by atoms with Gasteiger partial charge in [0.15, 0.2) is 0 Å². The first kappa shape index (κ1) is 25.3. The summed E-state index contributed by atoms with van der Waals surface area (Å²) < 4.78 is 27.3. The monoisotopic (exact) mass is 463 g/mol. The molecule has 2 aliphatic carbocycles. The third-order valence-electron chi connectivity index (χ3n) is 7.35. The maximum Gasteiger partial charge on any atom is 0.225 e. The predicted octanol–water partition coefficient (Wildman–Crippen LogP) is 4.17. The van der Waals surface area contributed by atoms with Crippen LogP contribution in [0.5, 0.6) is 0 Å². The fourth-order valence-corrected chi connectivity index (χ4v) is 5.62. The van der Waals surface area contributed by atoms with Gasteiger partial charge in [-0.1, -0.05) is 12.5 Å². The van der Waals surface area contributed by atoms with Gasteiger partial charge in [-0.3, -0.25) is 9.69 Å². The lowest BCUT2D eigenvalue weighted by atomic mass is 9.65. The topological polar surface area (TPSA) is 49.6 Å². The number of nitrogens with two attached hydrogens (primary N) is 1. The highest BCUT2D eigenvalue weighted by molar-refractivity contribution is 5.85. The lowest BCUT2D eigenvalue weighted by Gasteiger charge is -2.45. The number of nitrogens with zero attached hydrogens (tertiary/aromatic N) is 2. The molecular weight excluding hydrogens is 431 g/mol. The predicted molar refractivity (Wildman–Crippen MR) is 119 cm³/mol. The maximum absolute atomic E-state index is 14.1. The molecule has 0 spiro atoms. The first-order valence-electron chi connectivity index (χ1n) is 10.7. The van der Waals surface area contributed by atoms with Crippen LogP contribution in [0.4, 0.5) is 8.78 Å². The van der Waals surface area contributed by atoms with E-state index in [2.05, 4.69) is 4.90 Å². The Kier molecular flexibility index (Phi) is 8.92. The van der Waals surface area contributed by atoms with E-state index in [-0.39, 0.29) is 48.7 Å². The molecule has 3 fully saturated rings. The molecule has 1 aromatic rings. The van der Waals surface area contributed by atoms with E-state index < -0.39 is 11.6 Å². The number of piperazine rings is 1. The zero-order valence-corrected chi connectivity index (χ0v) is 19.1. The van der Waals surface area contributed by atoms with Gasteiger partial charge in [0.1, 0.15) is 11.6 Å². The van der Waals surface area contributed by atoms with Crippen LogP contribution < -0.4 is 5.73 Å². The van der Waals surface area contributed by atoms with Crippen LogP contribution in [-0.4, -0.2) is 47.9 Å². The number of amides is 1. The SMILES string of the molecule is CC(c1ccc(F)cc1F)N1CCN(C(=O)C2CC3CCCC(C2)C3N)CC1.Cl.Cl. The number of rotatable bonds is 3. The molecule has 3 atom stereocenters. The van der Waals surface area contributed by atoms with Gasteiger partial charge >= 0.3 is 0 Å². The average molecular weight is 464 g/mol. The van der Waals surface area contributed by atoms with Gasteiger partial charge in [0.2, 0.25) is 5.91 Å². The van der Waals surface area contributed by atoms with Crippen LogP contribution in [0.1, 0.15) is 50.6 Å². The first-order chi connectivity index (χ1) is 13.4. The maximum atomic E-state index is 14.1. The second-order valence-corrected chi connectivity index (χ2v) is 8.90. The molecule has 3 aliphatic rings. The smallest absolute Gasteiger partial charge is 0.225 e. The van der Waals surface area contributed by atoms with E-state index in [9.17, 15) is 13.6 Å². The normalized spacial score (nSPS) is 30.1. The lowest BCUT2D eigenvalue weighted by molar-refractivity contribution is -0.140. The Morgan fingerprint density at radius 2 is 1.67 bits per heavy atom. The average Bonchev–Trinajstić information content (AvgIpc) is 2.67. The highest BCUT2D eigenvalue weighted by Gasteiger charge is 2.42. The fourth-order valence-electron chi connectivity index (χ4n) is 5.62. The van der Waals surface area contributed by atoms with Gasteiger partial charge in [-0.25, -0.2) is 8.78 Å². The van der Waals surface area contributed by atoms with Crippen LogP contribution in [-0.2, 0) is 4.79 Å². The van der Waals surface area contributed by atoms with E-state index in [1.165, 1.54) is 18.6 Å². The van der Waals surface area contributed by atoms with Crippen molar-refractivity contribution >= 4 is 30.7 Å². The summed E-state index contributed by atoms with van der Waals surface area (Å²) in [4.78, 5) is 17.3. The van der Waals surface area contributed by atoms with E-state index in [1.807, 2.05) is 11.8 Å². The number of benzene rings is 1. The van der Waals surface area contributed by atoms with Gasteiger partial charge < -0.3 is 10.6 Å². The summed E-state index contributed by atoms with van der Waals surface area (Å²) in [5.41, 5.74) is 6.88. The van der Waals surface area contributed by atoms with Crippen molar-refractivity contribution in [3.8, 4) is 0 Å². The molecule has 30 heavy (non-hydrogen) atoms. The molecule has 2 N–H and O–H groups in total. The van der Waals surface area contributed by atoms with Crippen LogP contribution in [0.2, 0.25) is 0 Å². The van der Waals surface area contributed by atoms with E-state index in [1.54, 1.807) is 0 Å². The van der Waals surface area contributed by atoms with Crippen LogP contribution in [0.15, 0.2) is 18.2 Å². The summed E-state index contributed by atoms with van der Waals surface area (Å²) in [6.45, 7) is 4.71. The fraction of sp³-hybridized carbons (Fsp3) is 0.682. The molecule has 2 bridgehead atoms. The quantitative estimate of drug-likeness (QED) is 0.731. The Bertz CT molecular complexity index is 716. The number of carbonyl (C=O) groups is 1. The van der Waals surface area contributed by atoms with Gasteiger partial charge in [0.05, 0.1) is 0 Å². The van der Waals surface area contributed by atoms with Crippen molar-refractivity contribution in [2.75, 3.05) is 26.2 Å². The van der Waals surface area contributed by atoms with E-state index in [0.717, 1.165) is 31.7 Å². The van der Waals surface area contributed by atoms with E-state index >= 15 is 0 Å². The van der Waals surface area contributed by atoms with Crippen molar-refractivity contribution in [1.82, 2.24) is 9.80 Å². The second-order valence-electron chi connectivity index (χ2n) is 8.90. The van der Waals surface area contributed by atoms with Crippen LogP contribution in [0.25, 0.3) is 0 Å². The molecule has 1 aliphatic heterocycles. The van der Waals surface area contributed by atoms with Gasteiger partial charge in [0.25, 0.3) is 0 Å². The zero-order valence-electron chi connectivity index (χ0n) is 17.4. The molecule has 4 rings (SSSR count). The van der Waals surface area contributed by atoms with Crippen LogP contribution >= 0.6 is 24.8 Å². The number of halogens is 4. The third-order valence-corrected chi connectivity index (χ3v) is 7.35. The Morgan fingerprint density at radius 3 is 2.23 bits per heavy atom. The molecule has 4 nitrogen and oxygen atoms in total. The largest absolute Gasteiger partial charge is 0.340 e. The number of fused-ring (bicyclic) bond motifs is 2. The minimum atomic E-state index is -0.555. The minimum Gasteiger partial charge on any atom is -0.340 e. The standard InChI is InChI=1S/C22H31F2N3O.2ClH/c1-14(19-6-5-18(23)13-20(19)24)26-7-9-27(10-8-26)22(28)17-11-15-3-2-4-16(12-17)21(15)25;;/h5-6,13-17,21H,2-4,7-12,25H2,1H3;2*1H. The van der Waals surface area contributed by atoms with Crippen molar-refractivity contribution in [3.05, 3.63) is 35.4 Å². The van der Waals surface area contributed by atoms with E-state index in [4.69, 9.17) is 5.73 Å². The van der Waals surface area contributed by atoms with Gasteiger partial charge in [-0.05, 0) is 50.5 Å².